The minimum Gasteiger partial charge on any atom is -0.496 e. The lowest BCUT2D eigenvalue weighted by molar-refractivity contribution is -0.118. The summed E-state index contributed by atoms with van der Waals surface area (Å²) in [5.41, 5.74) is 0.825. The summed E-state index contributed by atoms with van der Waals surface area (Å²) in [6.45, 7) is 0. The lowest BCUT2D eigenvalue weighted by atomic mass is 10.1. The van der Waals surface area contributed by atoms with Gasteiger partial charge in [0.05, 0.1) is 21.3 Å². The Balaban J connectivity index is 2.42. The van der Waals surface area contributed by atoms with Crippen molar-refractivity contribution in [3.05, 3.63) is 64.8 Å². The summed E-state index contributed by atoms with van der Waals surface area (Å²) in [5.74, 6) is -1.13. The maximum absolute atomic E-state index is 12.3. The quantitative estimate of drug-likeness (QED) is 0.474. The first-order chi connectivity index (χ1) is 10.6. The molecular formula is C17H16O5. The van der Waals surface area contributed by atoms with E-state index in [0.29, 0.717) is 0 Å². The molecule has 0 bridgehead atoms. The highest BCUT2D eigenvalue weighted by atomic mass is 16.5. The van der Waals surface area contributed by atoms with Crippen molar-refractivity contribution < 1.29 is 23.8 Å². The summed E-state index contributed by atoms with van der Waals surface area (Å²) in [5, 5.41) is 0. The molecule has 114 valence electrons. The average molecular weight is 300 g/mol. The van der Waals surface area contributed by atoms with Gasteiger partial charge in [0.15, 0.2) is 0 Å². The number of carbonyl (C=O) groups is 2. The van der Waals surface area contributed by atoms with Crippen molar-refractivity contribution in [3.63, 3.8) is 0 Å². The molecule has 5 heteroatoms. The van der Waals surface area contributed by atoms with Crippen LogP contribution in [-0.4, -0.2) is 32.9 Å². The predicted octanol–water partition coefficient (Wildman–Crippen LogP) is 2.26. The molecule has 0 saturated carbocycles. The molecule has 0 aromatic heterocycles. The lowest BCUT2D eigenvalue weighted by Crippen LogP contribution is -2.09. The van der Waals surface area contributed by atoms with Gasteiger partial charge in [0.2, 0.25) is 23.1 Å². The summed E-state index contributed by atoms with van der Waals surface area (Å²) >= 11 is 0. The first-order valence-electron chi connectivity index (χ1n) is 6.57. The SMILES string of the molecule is COC(/C=C/c1ccccc1)=C1C(=O)C(OC)=C(OC)C1=O. The van der Waals surface area contributed by atoms with E-state index in [1.165, 1.54) is 21.3 Å². The monoisotopic (exact) mass is 300 g/mol. The summed E-state index contributed by atoms with van der Waals surface area (Å²) < 4.78 is 15.1. The Bertz CT molecular complexity index is 652. The van der Waals surface area contributed by atoms with E-state index >= 15 is 0 Å². The fourth-order valence-electron chi connectivity index (χ4n) is 2.12. The first-order valence-corrected chi connectivity index (χ1v) is 6.57. The van der Waals surface area contributed by atoms with Gasteiger partial charge in [-0.05, 0) is 11.6 Å². The number of rotatable bonds is 5. The van der Waals surface area contributed by atoms with E-state index in [4.69, 9.17) is 14.2 Å². The third-order valence-electron chi connectivity index (χ3n) is 3.17. The largest absolute Gasteiger partial charge is 0.496 e. The van der Waals surface area contributed by atoms with Gasteiger partial charge in [0.25, 0.3) is 0 Å². The Labute approximate surface area is 128 Å². The van der Waals surface area contributed by atoms with Gasteiger partial charge in [0, 0.05) is 0 Å². The predicted molar refractivity (Wildman–Crippen MR) is 80.6 cm³/mol. The van der Waals surface area contributed by atoms with E-state index in [1.54, 1.807) is 12.2 Å². The summed E-state index contributed by atoms with van der Waals surface area (Å²) in [6, 6.07) is 9.46. The zero-order valence-corrected chi connectivity index (χ0v) is 12.6. The van der Waals surface area contributed by atoms with Crippen LogP contribution >= 0.6 is 0 Å². The van der Waals surface area contributed by atoms with Crippen molar-refractivity contribution in [2.75, 3.05) is 21.3 Å². The number of hydrogen-bond acceptors (Lipinski definition) is 5. The van der Waals surface area contributed by atoms with Crippen LogP contribution in [-0.2, 0) is 23.8 Å². The highest BCUT2D eigenvalue weighted by molar-refractivity contribution is 6.37. The smallest absolute Gasteiger partial charge is 0.239 e. The maximum Gasteiger partial charge on any atom is 0.239 e. The molecule has 0 radical (unpaired) electrons. The van der Waals surface area contributed by atoms with Gasteiger partial charge in [-0.3, -0.25) is 9.59 Å². The lowest BCUT2D eigenvalue weighted by Gasteiger charge is -2.04. The minimum atomic E-state index is -0.543. The Morgan fingerprint density at radius 2 is 1.45 bits per heavy atom. The second-order valence-electron chi connectivity index (χ2n) is 4.41. The molecule has 2 rings (SSSR count). The molecule has 0 saturated heterocycles. The molecule has 22 heavy (non-hydrogen) atoms. The summed E-state index contributed by atoms with van der Waals surface area (Å²) in [6.07, 6.45) is 3.33. The molecule has 1 aliphatic rings. The number of ketones is 2. The second-order valence-corrected chi connectivity index (χ2v) is 4.41. The van der Waals surface area contributed by atoms with Crippen molar-refractivity contribution >= 4 is 17.6 Å². The number of methoxy groups -OCH3 is 3. The zero-order chi connectivity index (χ0) is 16.1. The molecular weight excluding hydrogens is 284 g/mol. The Hall–Kier alpha value is -2.82. The van der Waals surface area contributed by atoms with Gasteiger partial charge in [-0.1, -0.05) is 36.4 Å². The molecule has 1 aromatic rings. The van der Waals surface area contributed by atoms with E-state index in [9.17, 15) is 9.59 Å². The van der Waals surface area contributed by atoms with Crippen LogP contribution in [0.15, 0.2) is 59.3 Å². The van der Waals surface area contributed by atoms with Crippen LogP contribution in [0.2, 0.25) is 0 Å². The van der Waals surface area contributed by atoms with Gasteiger partial charge in [-0.2, -0.15) is 0 Å². The van der Waals surface area contributed by atoms with Crippen molar-refractivity contribution in [1.29, 1.82) is 0 Å². The zero-order valence-electron chi connectivity index (χ0n) is 12.6. The molecule has 1 aliphatic carbocycles. The Morgan fingerprint density at radius 3 is 1.91 bits per heavy atom. The molecule has 0 unspecified atom stereocenters. The Kier molecular flexibility index (Phi) is 4.78. The maximum atomic E-state index is 12.3. The average Bonchev–Trinajstić information content (AvgIpc) is 2.79. The molecule has 0 N–H and O–H groups in total. The van der Waals surface area contributed by atoms with Crippen molar-refractivity contribution in [1.82, 2.24) is 0 Å². The van der Waals surface area contributed by atoms with Crippen LogP contribution in [0.4, 0.5) is 0 Å². The van der Waals surface area contributed by atoms with Gasteiger partial charge in [-0.25, -0.2) is 0 Å². The third kappa shape index (κ3) is 2.79. The van der Waals surface area contributed by atoms with Crippen molar-refractivity contribution in [2.45, 2.75) is 0 Å². The first kappa shape index (κ1) is 15.6. The molecule has 5 nitrogen and oxygen atoms in total. The molecule has 0 atom stereocenters. The van der Waals surface area contributed by atoms with E-state index in [2.05, 4.69) is 0 Å². The summed E-state index contributed by atoms with van der Waals surface area (Å²) in [7, 11) is 4.03. The van der Waals surface area contributed by atoms with E-state index in [-0.39, 0.29) is 22.9 Å². The van der Waals surface area contributed by atoms with E-state index in [1.807, 2.05) is 30.3 Å². The van der Waals surface area contributed by atoms with Crippen LogP contribution in [0.1, 0.15) is 5.56 Å². The molecule has 0 heterocycles. The standard InChI is InChI=1S/C17H16O5/c1-20-12(10-9-11-7-5-4-6-8-11)13-14(18)16(21-2)17(22-3)15(13)19/h4-10H,1-3H3/b10-9+. The van der Waals surface area contributed by atoms with Crippen LogP contribution in [0.25, 0.3) is 6.08 Å². The van der Waals surface area contributed by atoms with Gasteiger partial charge in [-0.15, -0.1) is 0 Å². The fraction of sp³-hybridized carbons (Fsp3) is 0.176. The third-order valence-corrected chi connectivity index (χ3v) is 3.17. The van der Waals surface area contributed by atoms with Crippen LogP contribution in [0, 0.1) is 0 Å². The molecule has 0 amide bonds. The van der Waals surface area contributed by atoms with Gasteiger partial charge >= 0.3 is 0 Å². The van der Waals surface area contributed by atoms with Gasteiger partial charge < -0.3 is 14.2 Å². The topological polar surface area (TPSA) is 61.8 Å². The minimum absolute atomic E-state index is 0.0941. The van der Waals surface area contributed by atoms with Crippen LogP contribution < -0.4 is 0 Å². The summed E-state index contributed by atoms with van der Waals surface area (Å²) in [4.78, 5) is 24.5. The van der Waals surface area contributed by atoms with Gasteiger partial charge in [0.1, 0.15) is 11.3 Å². The van der Waals surface area contributed by atoms with E-state index in [0.717, 1.165) is 5.56 Å². The number of Topliss-reactive ketones (excluding diaryl/α,β-unsaturated/α-hetero) is 2. The fourth-order valence-corrected chi connectivity index (χ4v) is 2.12. The molecule has 0 fully saturated rings. The number of benzene rings is 1. The van der Waals surface area contributed by atoms with Crippen LogP contribution in [0.3, 0.4) is 0 Å². The van der Waals surface area contributed by atoms with Crippen molar-refractivity contribution in [3.8, 4) is 0 Å². The highest BCUT2D eigenvalue weighted by Gasteiger charge is 2.41. The van der Waals surface area contributed by atoms with E-state index < -0.39 is 11.6 Å². The molecule has 0 spiro atoms. The second kappa shape index (κ2) is 6.76. The number of carbonyl (C=O) groups excluding carboxylic acids is 2. The number of allylic oxidation sites excluding steroid dienone is 3. The normalized spacial score (nSPS) is 14.8. The Morgan fingerprint density at radius 1 is 0.909 bits per heavy atom. The highest BCUT2D eigenvalue weighted by Crippen LogP contribution is 2.28. The molecule has 0 aliphatic heterocycles. The number of hydrogen-bond donors (Lipinski definition) is 0. The van der Waals surface area contributed by atoms with Crippen molar-refractivity contribution in [2.24, 2.45) is 0 Å². The molecule has 1 aromatic carbocycles. The number of ether oxygens (including phenoxy) is 3. The van der Waals surface area contributed by atoms with Crippen LogP contribution in [0.5, 0.6) is 0 Å².